The van der Waals surface area contributed by atoms with Crippen molar-refractivity contribution in [3.8, 4) is 0 Å². The number of rotatable bonds is 5. The molecule has 0 saturated carbocycles. The summed E-state index contributed by atoms with van der Waals surface area (Å²) in [5.74, 6) is -0.275. The van der Waals surface area contributed by atoms with Crippen molar-refractivity contribution in [1.82, 2.24) is 19.6 Å². The fourth-order valence-electron chi connectivity index (χ4n) is 1.57. The van der Waals surface area contributed by atoms with E-state index >= 15 is 0 Å². The largest absolute Gasteiger partial charge is 0.378 e. The number of hydrogen-bond donors (Lipinski definition) is 1. The van der Waals surface area contributed by atoms with Gasteiger partial charge in [0, 0.05) is 31.4 Å². The van der Waals surface area contributed by atoms with Gasteiger partial charge in [0.25, 0.3) is 0 Å². The summed E-state index contributed by atoms with van der Waals surface area (Å²) < 4.78 is 16.8. The second-order valence-electron chi connectivity index (χ2n) is 3.71. The molecule has 0 atom stereocenters. The molecule has 2 aromatic heterocycles. The molecule has 0 aliphatic heterocycles. The molecule has 0 saturated heterocycles. The molecule has 0 radical (unpaired) electrons. The third kappa shape index (κ3) is 2.46. The molecular weight excluding hydrogens is 221 g/mol. The monoisotopic (exact) mass is 237 g/mol. The molecule has 5 nitrogen and oxygen atoms in total. The van der Waals surface area contributed by atoms with Crippen LogP contribution in [0.1, 0.15) is 19.4 Å². The van der Waals surface area contributed by atoms with Crippen LogP contribution in [0.2, 0.25) is 0 Å². The molecule has 0 aromatic carbocycles. The average Bonchev–Trinajstić information content (AvgIpc) is 2.93. The number of anilines is 1. The summed E-state index contributed by atoms with van der Waals surface area (Å²) in [6.45, 7) is 5.66. The van der Waals surface area contributed by atoms with Gasteiger partial charge in [-0.05, 0) is 13.8 Å². The maximum atomic E-state index is 13.6. The average molecular weight is 237 g/mol. The summed E-state index contributed by atoms with van der Waals surface area (Å²) in [7, 11) is 0. The number of nitrogens with one attached hydrogen (secondary N) is 1. The van der Waals surface area contributed by atoms with Crippen LogP contribution in [0, 0.1) is 5.95 Å². The van der Waals surface area contributed by atoms with Crippen LogP contribution in [0.5, 0.6) is 0 Å². The number of halogens is 1. The molecule has 0 fully saturated rings. The third-order valence-corrected chi connectivity index (χ3v) is 2.58. The molecular formula is C11H16FN5. The zero-order valence-corrected chi connectivity index (χ0v) is 10.0. The van der Waals surface area contributed by atoms with Crippen molar-refractivity contribution in [2.75, 3.05) is 5.32 Å². The molecule has 0 amide bonds. The van der Waals surface area contributed by atoms with Crippen molar-refractivity contribution in [2.45, 2.75) is 33.5 Å². The first-order valence-corrected chi connectivity index (χ1v) is 5.71. The highest BCUT2D eigenvalue weighted by Gasteiger charge is 2.08. The van der Waals surface area contributed by atoms with Gasteiger partial charge >= 0.3 is 0 Å². The van der Waals surface area contributed by atoms with Crippen molar-refractivity contribution in [1.29, 1.82) is 0 Å². The lowest BCUT2D eigenvalue weighted by Crippen LogP contribution is -2.03. The predicted octanol–water partition coefficient (Wildman–Crippen LogP) is 1.87. The zero-order valence-electron chi connectivity index (χ0n) is 10.0. The van der Waals surface area contributed by atoms with Gasteiger partial charge in [0.05, 0.1) is 18.1 Å². The highest BCUT2D eigenvalue weighted by atomic mass is 19.1. The summed E-state index contributed by atoms with van der Waals surface area (Å²) in [6.07, 6.45) is 5.17. The Balaban J connectivity index is 1.99. The summed E-state index contributed by atoms with van der Waals surface area (Å²) in [5, 5.41) is 11.2. The molecule has 92 valence electrons. The number of aromatic nitrogens is 4. The maximum absolute atomic E-state index is 13.6. The fourth-order valence-corrected chi connectivity index (χ4v) is 1.57. The first-order chi connectivity index (χ1) is 8.24. The van der Waals surface area contributed by atoms with Crippen molar-refractivity contribution < 1.29 is 4.39 Å². The standard InChI is InChI=1S/C11H16FN5/c1-3-16-8-10(7-14-16)13-5-9-6-15-17(4-2)11(9)12/h6-8,13H,3-5H2,1-2H3. The van der Waals surface area contributed by atoms with E-state index in [1.54, 1.807) is 12.4 Å². The van der Waals surface area contributed by atoms with Gasteiger partial charge in [0.1, 0.15) is 0 Å². The van der Waals surface area contributed by atoms with Gasteiger partial charge in [0.2, 0.25) is 5.95 Å². The van der Waals surface area contributed by atoms with Crippen LogP contribution in [-0.2, 0) is 19.6 Å². The van der Waals surface area contributed by atoms with Gasteiger partial charge < -0.3 is 5.32 Å². The van der Waals surface area contributed by atoms with E-state index in [0.29, 0.717) is 18.7 Å². The Kier molecular flexibility index (Phi) is 3.41. The second-order valence-corrected chi connectivity index (χ2v) is 3.71. The Morgan fingerprint density at radius 3 is 2.65 bits per heavy atom. The SMILES string of the molecule is CCn1cc(NCc2cnn(CC)c2F)cn1. The van der Waals surface area contributed by atoms with Gasteiger partial charge in [0.15, 0.2) is 0 Å². The minimum Gasteiger partial charge on any atom is -0.378 e. The van der Waals surface area contributed by atoms with Crippen molar-refractivity contribution in [3.05, 3.63) is 30.1 Å². The lowest BCUT2D eigenvalue weighted by atomic mass is 10.3. The molecule has 2 heterocycles. The van der Waals surface area contributed by atoms with E-state index in [4.69, 9.17) is 0 Å². The van der Waals surface area contributed by atoms with Crippen LogP contribution in [0.3, 0.4) is 0 Å². The van der Waals surface area contributed by atoms with Crippen molar-refractivity contribution >= 4 is 5.69 Å². The zero-order chi connectivity index (χ0) is 12.3. The molecule has 6 heteroatoms. The molecule has 0 bridgehead atoms. The lowest BCUT2D eigenvalue weighted by molar-refractivity contribution is 0.465. The van der Waals surface area contributed by atoms with Crippen LogP contribution < -0.4 is 5.32 Å². The van der Waals surface area contributed by atoms with E-state index in [9.17, 15) is 4.39 Å². The minimum absolute atomic E-state index is 0.275. The molecule has 1 N–H and O–H groups in total. The van der Waals surface area contributed by atoms with Gasteiger partial charge in [-0.25, -0.2) is 4.68 Å². The summed E-state index contributed by atoms with van der Waals surface area (Å²) in [5.41, 5.74) is 1.45. The van der Waals surface area contributed by atoms with Crippen LogP contribution in [0.15, 0.2) is 18.6 Å². The van der Waals surface area contributed by atoms with E-state index in [1.165, 1.54) is 4.68 Å². The lowest BCUT2D eigenvalue weighted by Gasteiger charge is -2.01. The van der Waals surface area contributed by atoms with Crippen LogP contribution >= 0.6 is 0 Å². The summed E-state index contributed by atoms with van der Waals surface area (Å²) in [6, 6.07) is 0. The number of hydrogen-bond acceptors (Lipinski definition) is 3. The van der Waals surface area contributed by atoms with E-state index in [-0.39, 0.29) is 5.95 Å². The minimum atomic E-state index is -0.275. The van der Waals surface area contributed by atoms with Crippen molar-refractivity contribution in [2.24, 2.45) is 0 Å². The number of aryl methyl sites for hydroxylation is 2. The fraction of sp³-hybridized carbons (Fsp3) is 0.455. The van der Waals surface area contributed by atoms with E-state index in [1.807, 2.05) is 24.7 Å². The third-order valence-electron chi connectivity index (χ3n) is 2.58. The van der Waals surface area contributed by atoms with Crippen LogP contribution in [-0.4, -0.2) is 19.6 Å². The van der Waals surface area contributed by atoms with E-state index in [0.717, 1.165) is 12.2 Å². The molecule has 2 aromatic rings. The maximum Gasteiger partial charge on any atom is 0.216 e. The second kappa shape index (κ2) is 4.99. The Morgan fingerprint density at radius 1 is 1.24 bits per heavy atom. The quantitative estimate of drug-likeness (QED) is 0.863. The molecule has 17 heavy (non-hydrogen) atoms. The highest BCUT2D eigenvalue weighted by molar-refractivity contribution is 5.38. The predicted molar refractivity (Wildman–Crippen MR) is 63.1 cm³/mol. The van der Waals surface area contributed by atoms with E-state index in [2.05, 4.69) is 15.5 Å². The normalized spacial score (nSPS) is 10.8. The Bertz CT molecular complexity index is 488. The summed E-state index contributed by atoms with van der Waals surface area (Å²) >= 11 is 0. The Morgan fingerprint density at radius 2 is 2.06 bits per heavy atom. The topological polar surface area (TPSA) is 47.7 Å². The van der Waals surface area contributed by atoms with Crippen LogP contribution in [0.25, 0.3) is 0 Å². The molecule has 2 rings (SSSR count). The first kappa shape index (κ1) is 11.6. The van der Waals surface area contributed by atoms with E-state index < -0.39 is 0 Å². The molecule has 0 aliphatic carbocycles. The van der Waals surface area contributed by atoms with Gasteiger partial charge in [-0.2, -0.15) is 14.6 Å². The van der Waals surface area contributed by atoms with Gasteiger partial charge in [-0.1, -0.05) is 0 Å². The van der Waals surface area contributed by atoms with Gasteiger partial charge in [-0.15, -0.1) is 0 Å². The van der Waals surface area contributed by atoms with Crippen molar-refractivity contribution in [3.63, 3.8) is 0 Å². The molecule has 0 spiro atoms. The first-order valence-electron chi connectivity index (χ1n) is 5.71. The number of nitrogens with zero attached hydrogens (tertiary/aromatic N) is 4. The summed E-state index contributed by atoms with van der Waals surface area (Å²) in [4.78, 5) is 0. The highest BCUT2D eigenvalue weighted by Crippen LogP contribution is 2.10. The molecule has 0 unspecified atom stereocenters. The van der Waals surface area contributed by atoms with Crippen LogP contribution in [0.4, 0.5) is 10.1 Å². The smallest absolute Gasteiger partial charge is 0.216 e. The Hall–Kier alpha value is -1.85. The Labute approximate surface area is 99.2 Å². The molecule has 0 aliphatic rings. The van der Waals surface area contributed by atoms with Gasteiger partial charge in [-0.3, -0.25) is 4.68 Å².